The molecule has 0 unspecified atom stereocenters. The van der Waals surface area contributed by atoms with E-state index in [-0.39, 0.29) is 17.6 Å². The van der Waals surface area contributed by atoms with Gasteiger partial charge in [-0.15, -0.1) is 0 Å². The first kappa shape index (κ1) is 12.9. The second-order valence-electron chi connectivity index (χ2n) is 5.63. The Morgan fingerprint density at radius 2 is 2.15 bits per heavy atom. The van der Waals surface area contributed by atoms with Crippen molar-refractivity contribution < 1.29 is 14.3 Å². The number of carbonyl (C=O) groups excluding carboxylic acids is 1. The maximum atomic E-state index is 11.6. The van der Waals surface area contributed by atoms with Crippen molar-refractivity contribution in [3.05, 3.63) is 35.9 Å². The maximum absolute atomic E-state index is 11.6. The van der Waals surface area contributed by atoms with Crippen LogP contribution >= 0.6 is 0 Å². The van der Waals surface area contributed by atoms with Crippen LogP contribution < -0.4 is 5.32 Å². The van der Waals surface area contributed by atoms with Crippen molar-refractivity contribution in [3.63, 3.8) is 0 Å². The van der Waals surface area contributed by atoms with Gasteiger partial charge in [0, 0.05) is 0 Å². The second-order valence-corrected chi connectivity index (χ2v) is 5.63. The van der Waals surface area contributed by atoms with Gasteiger partial charge in [0.2, 0.25) is 0 Å². The highest BCUT2D eigenvalue weighted by molar-refractivity contribution is 5.67. The topological polar surface area (TPSA) is 71.3 Å². The van der Waals surface area contributed by atoms with Crippen LogP contribution in [0.5, 0.6) is 0 Å². The maximum Gasteiger partial charge on any atom is 0.407 e. The summed E-state index contributed by atoms with van der Waals surface area (Å²) in [6, 6.07) is 11.8. The minimum atomic E-state index is -0.451. The largest absolute Gasteiger partial charge is 0.445 e. The standard InChI is InChI=1S/C15H16N2O3/c16-9-14-7-15(8-14,20-11-14)10-17-13(18)19-6-12-4-2-1-3-5-12/h1-5H,6-8,10-11H2,(H,17,18). The smallest absolute Gasteiger partial charge is 0.407 e. The van der Waals surface area contributed by atoms with E-state index >= 15 is 0 Å². The number of hydrogen-bond donors (Lipinski definition) is 1. The molecule has 1 saturated carbocycles. The molecule has 2 aliphatic heterocycles. The van der Waals surface area contributed by atoms with Crippen LogP contribution in [-0.2, 0) is 16.1 Å². The third-order valence-electron chi connectivity index (χ3n) is 3.98. The molecule has 5 heteroatoms. The molecule has 4 rings (SSSR count). The van der Waals surface area contributed by atoms with Crippen LogP contribution in [0.4, 0.5) is 4.79 Å². The normalized spacial score (nSPS) is 30.1. The third kappa shape index (κ3) is 2.35. The highest BCUT2D eigenvalue weighted by Gasteiger charge is 2.63. The zero-order chi connectivity index (χ0) is 14.1. The van der Waals surface area contributed by atoms with Gasteiger partial charge >= 0.3 is 6.09 Å². The predicted molar refractivity (Wildman–Crippen MR) is 70.6 cm³/mol. The van der Waals surface area contributed by atoms with Gasteiger partial charge in [-0.3, -0.25) is 0 Å². The fourth-order valence-corrected chi connectivity index (χ4v) is 2.97. The Kier molecular flexibility index (Phi) is 3.11. The fraction of sp³-hybridized carbons (Fsp3) is 0.467. The molecule has 20 heavy (non-hydrogen) atoms. The van der Waals surface area contributed by atoms with Crippen LogP contribution in [0.3, 0.4) is 0 Å². The van der Waals surface area contributed by atoms with E-state index in [4.69, 9.17) is 14.7 Å². The van der Waals surface area contributed by atoms with E-state index in [1.807, 2.05) is 30.3 Å². The summed E-state index contributed by atoms with van der Waals surface area (Å²) in [4.78, 5) is 11.6. The average molecular weight is 272 g/mol. The number of nitrogens with zero attached hydrogens (tertiary/aromatic N) is 1. The van der Waals surface area contributed by atoms with Crippen molar-refractivity contribution in [3.8, 4) is 6.07 Å². The van der Waals surface area contributed by atoms with Gasteiger partial charge in [-0.2, -0.15) is 5.26 Å². The molecule has 1 aromatic rings. The number of alkyl carbamates (subject to hydrolysis) is 1. The van der Waals surface area contributed by atoms with Gasteiger partial charge in [0.05, 0.1) is 30.2 Å². The van der Waals surface area contributed by atoms with E-state index in [1.165, 1.54) is 0 Å². The van der Waals surface area contributed by atoms with Crippen molar-refractivity contribution >= 4 is 6.09 Å². The summed E-state index contributed by atoms with van der Waals surface area (Å²) in [6.07, 6.45) is 0.957. The number of fused-ring (bicyclic) bond motifs is 1. The van der Waals surface area contributed by atoms with Gasteiger partial charge in [-0.1, -0.05) is 30.3 Å². The first-order chi connectivity index (χ1) is 9.65. The van der Waals surface area contributed by atoms with Crippen LogP contribution in [0.2, 0.25) is 0 Å². The summed E-state index contributed by atoms with van der Waals surface area (Å²) in [7, 11) is 0. The van der Waals surface area contributed by atoms with Crippen LogP contribution in [0.15, 0.2) is 30.3 Å². The summed E-state index contributed by atoms with van der Waals surface area (Å²) in [6.45, 7) is 1.14. The van der Waals surface area contributed by atoms with E-state index in [2.05, 4.69) is 11.4 Å². The number of amides is 1. The zero-order valence-electron chi connectivity index (χ0n) is 11.1. The highest BCUT2D eigenvalue weighted by atomic mass is 16.5. The molecule has 0 aromatic heterocycles. The van der Waals surface area contributed by atoms with Crippen LogP contribution in [0, 0.1) is 16.7 Å². The monoisotopic (exact) mass is 272 g/mol. The Morgan fingerprint density at radius 3 is 2.80 bits per heavy atom. The summed E-state index contributed by atoms with van der Waals surface area (Å²) < 4.78 is 10.8. The molecule has 1 aliphatic carbocycles. The Bertz CT molecular complexity index is 544. The third-order valence-corrected chi connectivity index (χ3v) is 3.98. The SMILES string of the molecule is N#CC12COC(CNC(=O)OCc3ccccc3)(C1)C2. The molecule has 0 spiro atoms. The molecule has 1 amide bonds. The lowest BCUT2D eigenvalue weighted by Crippen LogP contribution is -2.51. The summed E-state index contributed by atoms with van der Waals surface area (Å²) in [5, 5.41) is 11.7. The van der Waals surface area contributed by atoms with Crippen LogP contribution in [0.25, 0.3) is 0 Å². The Morgan fingerprint density at radius 1 is 1.40 bits per heavy atom. The minimum Gasteiger partial charge on any atom is -0.445 e. The zero-order valence-corrected chi connectivity index (χ0v) is 11.1. The van der Waals surface area contributed by atoms with Crippen LogP contribution in [-0.4, -0.2) is 24.8 Å². The van der Waals surface area contributed by atoms with Crippen molar-refractivity contribution in [1.29, 1.82) is 5.26 Å². The Labute approximate surface area is 117 Å². The molecule has 5 nitrogen and oxygen atoms in total. The minimum absolute atomic E-state index is 0.253. The molecule has 0 atom stereocenters. The van der Waals surface area contributed by atoms with Gasteiger partial charge < -0.3 is 14.8 Å². The number of ether oxygens (including phenoxy) is 2. The lowest BCUT2D eigenvalue weighted by molar-refractivity contribution is -0.00503. The van der Waals surface area contributed by atoms with Crippen molar-refractivity contribution in [1.82, 2.24) is 5.32 Å². The number of nitrogens with one attached hydrogen (secondary N) is 1. The molecular weight excluding hydrogens is 256 g/mol. The van der Waals surface area contributed by atoms with E-state index in [1.54, 1.807) is 0 Å². The highest BCUT2D eigenvalue weighted by Crippen LogP contribution is 2.57. The van der Waals surface area contributed by atoms with Crippen LogP contribution in [0.1, 0.15) is 18.4 Å². The Hall–Kier alpha value is -2.06. The molecule has 2 bridgehead atoms. The summed E-state index contributed by atoms with van der Waals surface area (Å²) in [5.41, 5.74) is 0.294. The number of benzene rings is 1. The summed E-state index contributed by atoms with van der Waals surface area (Å²) in [5.74, 6) is 0. The molecule has 1 N–H and O–H groups in total. The lowest BCUT2D eigenvalue weighted by atomic mass is 9.63. The molecule has 104 valence electrons. The van der Waals surface area contributed by atoms with Gasteiger partial charge in [0.1, 0.15) is 6.61 Å². The van der Waals surface area contributed by atoms with Gasteiger partial charge in [-0.25, -0.2) is 4.79 Å². The van der Waals surface area contributed by atoms with Crippen molar-refractivity contribution in [2.24, 2.45) is 5.41 Å². The molecule has 0 radical (unpaired) electrons. The first-order valence-corrected chi connectivity index (χ1v) is 6.65. The van der Waals surface area contributed by atoms with E-state index in [0.29, 0.717) is 26.0 Å². The predicted octanol–water partition coefficient (Wildman–Crippen LogP) is 1.99. The van der Waals surface area contributed by atoms with Crippen molar-refractivity contribution in [2.75, 3.05) is 13.2 Å². The Balaban J connectivity index is 1.42. The lowest BCUT2D eigenvalue weighted by Gasteiger charge is -2.40. The second kappa shape index (κ2) is 4.80. The molecule has 2 saturated heterocycles. The average Bonchev–Trinajstić information content (AvgIpc) is 3.00. The molecular formula is C15H16N2O3. The first-order valence-electron chi connectivity index (χ1n) is 6.65. The van der Waals surface area contributed by atoms with E-state index in [9.17, 15) is 4.79 Å². The molecule has 2 heterocycles. The fourth-order valence-electron chi connectivity index (χ4n) is 2.97. The summed E-state index contributed by atoms with van der Waals surface area (Å²) >= 11 is 0. The number of nitriles is 1. The molecule has 3 fully saturated rings. The number of rotatable bonds is 4. The van der Waals surface area contributed by atoms with E-state index < -0.39 is 6.09 Å². The van der Waals surface area contributed by atoms with Gasteiger partial charge in [0.15, 0.2) is 0 Å². The molecule has 1 aromatic carbocycles. The number of hydrogen-bond acceptors (Lipinski definition) is 4. The van der Waals surface area contributed by atoms with Gasteiger partial charge in [0.25, 0.3) is 0 Å². The quantitative estimate of drug-likeness (QED) is 0.909. The van der Waals surface area contributed by atoms with E-state index in [0.717, 1.165) is 5.56 Å². The van der Waals surface area contributed by atoms with Gasteiger partial charge in [-0.05, 0) is 18.4 Å². The number of carbonyl (C=O) groups is 1. The van der Waals surface area contributed by atoms with Crippen molar-refractivity contribution in [2.45, 2.75) is 25.0 Å². The molecule has 3 aliphatic rings.